The summed E-state index contributed by atoms with van der Waals surface area (Å²) in [6.45, 7) is 5.23. The summed E-state index contributed by atoms with van der Waals surface area (Å²) in [5, 5.41) is 13.0. The fraction of sp³-hybridized carbons (Fsp3) is 0.522. The standard InChI is InChI=1S/C23H27FN4O2/c1-23(2,24)15-27-11-9-19(10-12-27)28(18-7-8-18)22(29)20-13-21(30-26-20)17-5-3-16(14-25)4-6-17/h3-6,13,18-19H,7-12,15H2,1-2H3. The Morgan fingerprint density at radius 2 is 1.87 bits per heavy atom. The number of hydrogen-bond donors (Lipinski definition) is 0. The molecule has 0 atom stereocenters. The summed E-state index contributed by atoms with van der Waals surface area (Å²) < 4.78 is 19.4. The molecule has 0 radical (unpaired) electrons. The van der Waals surface area contributed by atoms with Crippen LogP contribution in [0, 0.1) is 11.3 Å². The van der Waals surface area contributed by atoms with Crippen LogP contribution in [0.4, 0.5) is 4.39 Å². The molecule has 0 unspecified atom stereocenters. The number of likely N-dealkylation sites (tertiary alicyclic amines) is 1. The molecule has 2 heterocycles. The van der Waals surface area contributed by atoms with Gasteiger partial charge in [-0.05, 0) is 63.8 Å². The third kappa shape index (κ3) is 4.71. The molecule has 1 aromatic carbocycles. The Balaban J connectivity index is 1.45. The lowest BCUT2D eigenvalue weighted by molar-refractivity contribution is 0.0460. The van der Waals surface area contributed by atoms with Gasteiger partial charge in [0.15, 0.2) is 11.5 Å². The molecule has 1 amide bonds. The molecule has 2 aromatic rings. The first-order valence-electron chi connectivity index (χ1n) is 10.6. The first kappa shape index (κ1) is 20.5. The van der Waals surface area contributed by atoms with Crippen molar-refractivity contribution in [3.8, 4) is 17.4 Å². The lowest BCUT2D eigenvalue weighted by Gasteiger charge is -2.39. The maximum Gasteiger partial charge on any atom is 0.276 e. The van der Waals surface area contributed by atoms with Gasteiger partial charge in [0.05, 0.1) is 11.6 Å². The summed E-state index contributed by atoms with van der Waals surface area (Å²) in [6.07, 6.45) is 3.73. The molecule has 6 nitrogen and oxygen atoms in total. The van der Waals surface area contributed by atoms with Crippen LogP contribution in [0.5, 0.6) is 0 Å². The molecule has 30 heavy (non-hydrogen) atoms. The summed E-state index contributed by atoms with van der Waals surface area (Å²) in [6, 6.07) is 11.2. The van der Waals surface area contributed by atoms with Gasteiger partial charge in [-0.3, -0.25) is 4.79 Å². The third-order valence-electron chi connectivity index (χ3n) is 5.75. The summed E-state index contributed by atoms with van der Waals surface area (Å²) in [5.74, 6) is 0.420. The number of amides is 1. The molecule has 1 aliphatic carbocycles. The fourth-order valence-electron chi connectivity index (χ4n) is 4.22. The van der Waals surface area contributed by atoms with E-state index in [1.165, 1.54) is 0 Å². The average molecular weight is 410 g/mol. The van der Waals surface area contributed by atoms with Crippen molar-refractivity contribution >= 4 is 5.91 Å². The van der Waals surface area contributed by atoms with Crippen LogP contribution >= 0.6 is 0 Å². The largest absolute Gasteiger partial charge is 0.355 e. The van der Waals surface area contributed by atoms with Gasteiger partial charge in [0, 0.05) is 43.3 Å². The maximum absolute atomic E-state index is 14.0. The van der Waals surface area contributed by atoms with E-state index in [2.05, 4.69) is 16.1 Å². The number of alkyl halides is 1. The van der Waals surface area contributed by atoms with Gasteiger partial charge in [0.2, 0.25) is 0 Å². The average Bonchev–Trinajstić information content (AvgIpc) is 3.42. The minimum absolute atomic E-state index is 0.0922. The van der Waals surface area contributed by atoms with Gasteiger partial charge in [-0.25, -0.2) is 4.39 Å². The molecular formula is C23H27FN4O2. The molecule has 1 saturated carbocycles. The Kier molecular flexibility index (Phi) is 5.61. The summed E-state index contributed by atoms with van der Waals surface area (Å²) in [5.41, 5.74) is 0.452. The highest BCUT2D eigenvalue weighted by Gasteiger charge is 2.40. The number of piperidine rings is 1. The topological polar surface area (TPSA) is 73.4 Å². The number of nitriles is 1. The van der Waals surface area contributed by atoms with Gasteiger partial charge in [0.1, 0.15) is 5.67 Å². The Morgan fingerprint density at radius 1 is 1.23 bits per heavy atom. The van der Waals surface area contributed by atoms with E-state index in [1.54, 1.807) is 44.2 Å². The van der Waals surface area contributed by atoms with Crippen LogP contribution in [0.1, 0.15) is 55.6 Å². The van der Waals surface area contributed by atoms with Crippen molar-refractivity contribution in [1.29, 1.82) is 5.26 Å². The zero-order valence-corrected chi connectivity index (χ0v) is 17.5. The normalized spacial score (nSPS) is 18.2. The van der Waals surface area contributed by atoms with Crippen molar-refractivity contribution in [1.82, 2.24) is 15.0 Å². The summed E-state index contributed by atoms with van der Waals surface area (Å²) in [4.78, 5) is 17.4. The van der Waals surface area contributed by atoms with Crippen LogP contribution in [0.3, 0.4) is 0 Å². The van der Waals surface area contributed by atoms with Crippen LogP contribution in [-0.2, 0) is 0 Å². The van der Waals surface area contributed by atoms with Crippen molar-refractivity contribution in [2.45, 2.75) is 57.3 Å². The van der Waals surface area contributed by atoms with E-state index in [4.69, 9.17) is 9.78 Å². The Hall–Kier alpha value is -2.72. The molecule has 7 heteroatoms. The molecule has 1 aromatic heterocycles. The fourth-order valence-corrected chi connectivity index (χ4v) is 4.22. The van der Waals surface area contributed by atoms with E-state index >= 15 is 0 Å². The van der Waals surface area contributed by atoms with Gasteiger partial charge >= 0.3 is 0 Å². The summed E-state index contributed by atoms with van der Waals surface area (Å²) >= 11 is 0. The first-order valence-corrected chi connectivity index (χ1v) is 10.6. The predicted molar refractivity (Wildman–Crippen MR) is 110 cm³/mol. The molecule has 2 aliphatic rings. The van der Waals surface area contributed by atoms with Gasteiger partial charge in [-0.15, -0.1) is 0 Å². The van der Waals surface area contributed by atoms with E-state index in [9.17, 15) is 9.18 Å². The molecule has 4 rings (SSSR count). The Morgan fingerprint density at radius 3 is 2.43 bits per heavy atom. The van der Waals surface area contributed by atoms with Gasteiger partial charge in [-0.2, -0.15) is 5.26 Å². The summed E-state index contributed by atoms with van der Waals surface area (Å²) in [7, 11) is 0. The van der Waals surface area contributed by atoms with Gasteiger partial charge in [0.25, 0.3) is 5.91 Å². The van der Waals surface area contributed by atoms with Crippen molar-refractivity contribution in [2.75, 3.05) is 19.6 Å². The molecule has 0 bridgehead atoms. The predicted octanol–water partition coefficient (Wildman–Crippen LogP) is 4.03. The number of carbonyl (C=O) groups excluding carboxylic acids is 1. The second kappa shape index (κ2) is 8.19. The second-order valence-corrected chi connectivity index (χ2v) is 8.94. The monoisotopic (exact) mass is 410 g/mol. The van der Waals surface area contributed by atoms with Crippen LogP contribution in [0.15, 0.2) is 34.9 Å². The van der Waals surface area contributed by atoms with E-state index < -0.39 is 5.67 Å². The lowest BCUT2D eigenvalue weighted by atomic mass is 10.0. The molecular weight excluding hydrogens is 383 g/mol. The van der Waals surface area contributed by atoms with Crippen LogP contribution < -0.4 is 0 Å². The molecule has 0 N–H and O–H groups in total. The van der Waals surface area contributed by atoms with Crippen LogP contribution in [-0.4, -0.2) is 58.3 Å². The molecule has 158 valence electrons. The number of aromatic nitrogens is 1. The minimum Gasteiger partial charge on any atom is -0.355 e. The zero-order chi connectivity index (χ0) is 21.3. The minimum atomic E-state index is -1.21. The molecule has 1 saturated heterocycles. The molecule has 1 aliphatic heterocycles. The maximum atomic E-state index is 14.0. The molecule has 2 fully saturated rings. The van der Waals surface area contributed by atoms with Crippen molar-refractivity contribution in [3.63, 3.8) is 0 Å². The lowest BCUT2D eigenvalue weighted by Crippen LogP contribution is -2.50. The number of carbonyl (C=O) groups is 1. The van der Waals surface area contributed by atoms with Crippen molar-refractivity contribution in [3.05, 3.63) is 41.6 Å². The number of benzene rings is 1. The highest BCUT2D eigenvalue weighted by molar-refractivity contribution is 5.93. The van der Waals surface area contributed by atoms with E-state index in [0.29, 0.717) is 23.6 Å². The first-order chi connectivity index (χ1) is 14.3. The van der Waals surface area contributed by atoms with E-state index in [1.807, 2.05) is 4.90 Å². The van der Waals surface area contributed by atoms with Crippen LogP contribution in [0.2, 0.25) is 0 Å². The second-order valence-electron chi connectivity index (χ2n) is 8.94. The SMILES string of the molecule is CC(C)(F)CN1CCC(N(C(=O)c2cc(-c3ccc(C#N)cc3)on2)C2CC2)CC1. The number of nitrogens with zero attached hydrogens (tertiary/aromatic N) is 4. The number of halogens is 1. The highest BCUT2D eigenvalue weighted by atomic mass is 19.1. The van der Waals surface area contributed by atoms with Crippen molar-refractivity contribution < 1.29 is 13.7 Å². The Bertz CT molecular complexity index is 929. The smallest absolute Gasteiger partial charge is 0.276 e. The van der Waals surface area contributed by atoms with E-state index in [0.717, 1.165) is 44.3 Å². The molecule has 0 spiro atoms. The van der Waals surface area contributed by atoms with E-state index in [-0.39, 0.29) is 18.0 Å². The van der Waals surface area contributed by atoms with Gasteiger partial charge < -0.3 is 14.3 Å². The Labute approximate surface area is 176 Å². The zero-order valence-electron chi connectivity index (χ0n) is 17.5. The quantitative estimate of drug-likeness (QED) is 0.719. The number of rotatable bonds is 6. The van der Waals surface area contributed by atoms with Crippen molar-refractivity contribution in [2.24, 2.45) is 0 Å². The number of hydrogen-bond acceptors (Lipinski definition) is 5. The highest BCUT2D eigenvalue weighted by Crippen LogP contribution is 2.34. The van der Waals surface area contributed by atoms with Crippen LogP contribution in [0.25, 0.3) is 11.3 Å². The van der Waals surface area contributed by atoms with Gasteiger partial charge in [-0.1, -0.05) is 5.16 Å². The third-order valence-corrected chi connectivity index (χ3v) is 5.75.